The van der Waals surface area contributed by atoms with Crippen molar-refractivity contribution in [1.29, 1.82) is 0 Å². The third kappa shape index (κ3) is 5.09. The molecule has 0 N–H and O–H groups in total. The van der Waals surface area contributed by atoms with E-state index < -0.39 is 0 Å². The van der Waals surface area contributed by atoms with Crippen molar-refractivity contribution in [3.8, 4) is 34.0 Å². The molecule has 0 unspecified atom stereocenters. The Labute approximate surface area is 355 Å². The topological polar surface area (TPSA) is 35.6 Å². The molecule has 3 aromatic heterocycles. The van der Waals surface area contributed by atoms with Crippen LogP contribution in [0, 0.1) is 0 Å². The van der Waals surface area contributed by atoms with E-state index >= 15 is 0 Å². The summed E-state index contributed by atoms with van der Waals surface area (Å²) in [5, 5.41) is 5.93. The number of para-hydroxylation sites is 3. The van der Waals surface area contributed by atoms with Crippen molar-refractivity contribution in [2.75, 3.05) is 0 Å². The lowest BCUT2D eigenvalue weighted by atomic mass is 9.77. The summed E-state index contributed by atoms with van der Waals surface area (Å²) in [6.45, 7) is 4.69. The molecule has 1 aliphatic rings. The minimum absolute atomic E-state index is 0.179. The normalized spacial score (nSPS) is 13.7. The lowest BCUT2D eigenvalue weighted by molar-refractivity contribution is 0.705. The highest BCUT2D eigenvalue weighted by Crippen LogP contribution is 2.55. The Morgan fingerprint density at radius 3 is 1.88 bits per heavy atom. The van der Waals surface area contributed by atoms with Crippen molar-refractivity contribution >= 4 is 80.5 Å². The number of hydrogen-bond acceptors (Lipinski definition) is 2. The summed E-state index contributed by atoms with van der Waals surface area (Å²) in [7, 11) is 0. The minimum Gasteiger partial charge on any atom is -0.306 e. The van der Waals surface area contributed by atoms with Crippen molar-refractivity contribution in [1.82, 2.24) is 19.1 Å². The molecule has 0 aliphatic heterocycles. The van der Waals surface area contributed by atoms with Gasteiger partial charge in [-0.3, -0.25) is 4.57 Å². The minimum atomic E-state index is -0.179. The molecule has 0 fully saturated rings. The maximum atomic E-state index is 5.51. The second kappa shape index (κ2) is 13.2. The van der Waals surface area contributed by atoms with Crippen LogP contribution in [0.15, 0.2) is 188 Å². The number of allylic oxidation sites excluding steroid dienone is 1. The fraction of sp³-hybridized carbons (Fsp3) is 0.0545. The van der Waals surface area contributed by atoms with E-state index in [0.29, 0.717) is 5.95 Å². The summed E-state index contributed by atoms with van der Waals surface area (Å²) in [5.74, 6) is 0.645. The van der Waals surface area contributed by atoms with Crippen LogP contribution in [0.25, 0.3) is 98.6 Å². The van der Waals surface area contributed by atoms with Gasteiger partial charge in [0.15, 0.2) is 0 Å². The van der Waals surface area contributed by atoms with E-state index in [0.717, 1.165) is 70.7 Å². The third-order valence-electron chi connectivity index (χ3n) is 12.6. The highest BCUT2D eigenvalue weighted by atomic mass is 79.9. The zero-order valence-electron chi connectivity index (χ0n) is 33.1. The van der Waals surface area contributed by atoms with Crippen molar-refractivity contribution < 1.29 is 0 Å². The maximum Gasteiger partial charge on any atom is 0.235 e. The molecule has 0 saturated carbocycles. The van der Waals surface area contributed by atoms with Crippen LogP contribution in [-0.2, 0) is 5.41 Å². The van der Waals surface area contributed by atoms with E-state index in [1.807, 2.05) is 0 Å². The summed E-state index contributed by atoms with van der Waals surface area (Å²) in [6, 6.07) is 67.4. The largest absolute Gasteiger partial charge is 0.306 e. The lowest BCUT2D eigenvalue weighted by Crippen LogP contribution is -2.16. The SMILES string of the molecule is CC1(C)C(c2cccc3ccccc23)=C(Br)c2cc(-c3ccc4c(c3)c3ccccc3n4-c3nc(-c4ccccc4)c4c(n3)c3ccccc3n4-c3ccccc3)ccc21. The van der Waals surface area contributed by atoms with Crippen molar-refractivity contribution in [2.45, 2.75) is 19.3 Å². The van der Waals surface area contributed by atoms with Crippen LogP contribution in [0.2, 0.25) is 0 Å². The second-order valence-electron chi connectivity index (χ2n) is 16.3. The number of nitrogens with zero attached hydrogens (tertiary/aromatic N) is 4. The van der Waals surface area contributed by atoms with E-state index in [9.17, 15) is 0 Å². The molecule has 11 aromatic rings. The Morgan fingerprint density at radius 2 is 1.08 bits per heavy atom. The van der Waals surface area contributed by atoms with Crippen LogP contribution >= 0.6 is 15.9 Å². The van der Waals surface area contributed by atoms with Gasteiger partial charge in [-0.05, 0) is 103 Å². The quantitative estimate of drug-likeness (QED) is 0.173. The molecule has 4 nitrogen and oxygen atoms in total. The number of hydrogen-bond donors (Lipinski definition) is 0. The van der Waals surface area contributed by atoms with E-state index in [-0.39, 0.29) is 5.41 Å². The Kier molecular flexibility index (Phi) is 7.69. The van der Waals surface area contributed by atoms with Gasteiger partial charge in [0.2, 0.25) is 5.95 Å². The average Bonchev–Trinajstić information content (AvgIpc) is 3.88. The lowest BCUT2D eigenvalue weighted by Gasteiger charge is -2.26. The number of benzene rings is 8. The number of aromatic nitrogens is 4. The fourth-order valence-corrected chi connectivity index (χ4v) is 10.9. The molecule has 60 heavy (non-hydrogen) atoms. The molecule has 3 heterocycles. The standard InChI is InChI=1S/C55H37BrN4/c1-55(2)45-30-28-36(33-44(45)50(56)49(55)41-25-15-19-34-16-9-10-22-39(34)41)37-29-31-48-43(32-37)40-23-11-13-26-46(40)60(48)54-57-51(35-17-5-3-6-18-35)53-52(58-54)42-24-12-14-27-47(42)59(53)38-20-7-4-8-21-38/h3-33H,1-2H3. The Bertz CT molecular complexity index is 3570. The summed E-state index contributed by atoms with van der Waals surface area (Å²) < 4.78 is 5.72. The Morgan fingerprint density at radius 1 is 0.467 bits per heavy atom. The Balaban J connectivity index is 1.06. The zero-order valence-corrected chi connectivity index (χ0v) is 34.7. The fourth-order valence-electron chi connectivity index (χ4n) is 9.83. The monoisotopic (exact) mass is 832 g/mol. The van der Waals surface area contributed by atoms with Crippen LogP contribution < -0.4 is 0 Å². The van der Waals surface area contributed by atoms with Gasteiger partial charge in [0.25, 0.3) is 0 Å². The van der Waals surface area contributed by atoms with Crippen LogP contribution in [0.3, 0.4) is 0 Å². The predicted molar refractivity (Wildman–Crippen MR) is 254 cm³/mol. The molecular weight excluding hydrogens is 797 g/mol. The molecule has 8 aromatic carbocycles. The van der Waals surface area contributed by atoms with Crippen molar-refractivity contribution in [3.05, 3.63) is 205 Å². The van der Waals surface area contributed by atoms with Crippen molar-refractivity contribution in [2.24, 2.45) is 0 Å². The van der Waals surface area contributed by atoms with Gasteiger partial charge in [-0.25, -0.2) is 9.97 Å². The molecule has 0 bridgehead atoms. The summed E-state index contributed by atoms with van der Waals surface area (Å²) in [4.78, 5) is 11.0. The average molecular weight is 834 g/mol. The molecule has 0 saturated heterocycles. The molecule has 0 atom stereocenters. The van der Waals surface area contributed by atoms with E-state index in [1.165, 1.54) is 38.6 Å². The van der Waals surface area contributed by atoms with Crippen LogP contribution in [0.4, 0.5) is 0 Å². The highest BCUT2D eigenvalue weighted by Gasteiger charge is 2.38. The highest BCUT2D eigenvalue weighted by molar-refractivity contribution is 9.15. The first-order valence-electron chi connectivity index (χ1n) is 20.4. The molecule has 284 valence electrons. The first kappa shape index (κ1) is 34.9. The van der Waals surface area contributed by atoms with Crippen LogP contribution in [0.5, 0.6) is 0 Å². The molecule has 12 rings (SSSR count). The van der Waals surface area contributed by atoms with Gasteiger partial charge in [0.05, 0.1) is 22.1 Å². The number of halogens is 1. The molecule has 1 aliphatic carbocycles. The van der Waals surface area contributed by atoms with E-state index in [2.05, 4.69) is 227 Å². The summed E-state index contributed by atoms with van der Waals surface area (Å²) >= 11 is 4.14. The van der Waals surface area contributed by atoms with Crippen molar-refractivity contribution in [3.63, 3.8) is 0 Å². The van der Waals surface area contributed by atoms with Gasteiger partial charge in [-0.1, -0.05) is 159 Å². The summed E-state index contributed by atoms with van der Waals surface area (Å²) in [6.07, 6.45) is 0. The van der Waals surface area contributed by atoms with Gasteiger partial charge in [-0.15, -0.1) is 0 Å². The van der Waals surface area contributed by atoms with Gasteiger partial charge in [0.1, 0.15) is 11.2 Å². The van der Waals surface area contributed by atoms with E-state index in [4.69, 9.17) is 9.97 Å². The Hall–Kier alpha value is -7.08. The molecule has 5 heteroatoms. The second-order valence-corrected chi connectivity index (χ2v) is 17.1. The number of fused-ring (bicyclic) bond motifs is 8. The van der Waals surface area contributed by atoms with Crippen LogP contribution in [0.1, 0.15) is 30.5 Å². The van der Waals surface area contributed by atoms with Gasteiger partial charge >= 0.3 is 0 Å². The predicted octanol–water partition coefficient (Wildman–Crippen LogP) is 14.7. The molecule has 0 radical (unpaired) electrons. The maximum absolute atomic E-state index is 5.51. The number of rotatable bonds is 5. The van der Waals surface area contributed by atoms with Gasteiger partial charge < -0.3 is 4.57 Å². The molecular formula is C55H37BrN4. The van der Waals surface area contributed by atoms with Crippen LogP contribution in [-0.4, -0.2) is 19.1 Å². The summed E-state index contributed by atoms with van der Waals surface area (Å²) in [5.41, 5.74) is 15.5. The van der Waals surface area contributed by atoms with Gasteiger partial charge in [-0.2, -0.15) is 0 Å². The zero-order chi connectivity index (χ0) is 40.1. The smallest absolute Gasteiger partial charge is 0.235 e. The molecule has 0 amide bonds. The first-order chi connectivity index (χ1) is 29.5. The first-order valence-corrected chi connectivity index (χ1v) is 21.2. The van der Waals surface area contributed by atoms with Gasteiger partial charge in [0, 0.05) is 37.3 Å². The third-order valence-corrected chi connectivity index (χ3v) is 13.4. The molecule has 0 spiro atoms. The van der Waals surface area contributed by atoms with E-state index in [1.54, 1.807) is 0 Å².